The average molecular weight is 321 g/mol. The molecule has 2 atom stereocenters. The van der Waals surface area contributed by atoms with E-state index >= 15 is 0 Å². The molecule has 0 bridgehead atoms. The van der Waals surface area contributed by atoms with Crippen molar-refractivity contribution < 1.29 is 19.1 Å². The van der Waals surface area contributed by atoms with E-state index in [1.165, 1.54) is 6.92 Å². The normalized spacial score (nSPS) is 20.7. The van der Waals surface area contributed by atoms with Gasteiger partial charge in [0.15, 0.2) is 0 Å². The zero-order chi connectivity index (χ0) is 17.6. The minimum absolute atomic E-state index is 0.152. The van der Waals surface area contributed by atoms with Crippen molar-refractivity contribution in [1.82, 2.24) is 4.90 Å². The second-order valence-corrected chi connectivity index (χ2v) is 6.72. The number of rotatable bonds is 5. The van der Waals surface area contributed by atoms with Crippen molar-refractivity contribution >= 4 is 11.9 Å². The molecule has 0 fully saturated rings. The van der Waals surface area contributed by atoms with Crippen LogP contribution in [0.2, 0.25) is 0 Å². The number of esters is 2. The van der Waals surface area contributed by atoms with E-state index in [9.17, 15) is 9.59 Å². The Hall–Kier alpha value is -1.88. The van der Waals surface area contributed by atoms with E-state index in [1.54, 1.807) is 0 Å². The SMILES string of the molecule is CC(=O)OC/C=C1\C=CC=CC1[C@H](C(=O)OC(C)(C)C)N(C)C. The molecular formula is C18H27NO4. The highest BCUT2D eigenvalue weighted by Crippen LogP contribution is 2.27. The van der Waals surface area contributed by atoms with Gasteiger partial charge in [0.05, 0.1) is 0 Å². The summed E-state index contributed by atoms with van der Waals surface area (Å²) >= 11 is 0. The van der Waals surface area contributed by atoms with Gasteiger partial charge in [0.1, 0.15) is 18.2 Å². The van der Waals surface area contributed by atoms with Gasteiger partial charge < -0.3 is 9.47 Å². The molecule has 1 aliphatic carbocycles. The molecule has 0 spiro atoms. The van der Waals surface area contributed by atoms with Gasteiger partial charge in [-0.25, -0.2) is 0 Å². The molecule has 0 aliphatic heterocycles. The van der Waals surface area contributed by atoms with Gasteiger partial charge in [0.2, 0.25) is 0 Å². The lowest BCUT2D eigenvalue weighted by molar-refractivity contribution is -0.161. The number of nitrogens with zero attached hydrogens (tertiary/aromatic N) is 1. The molecule has 5 heteroatoms. The van der Waals surface area contributed by atoms with Gasteiger partial charge in [0.25, 0.3) is 0 Å². The summed E-state index contributed by atoms with van der Waals surface area (Å²) in [5.74, 6) is -0.753. The fraction of sp³-hybridized carbons (Fsp3) is 0.556. The number of allylic oxidation sites excluding steroid dienone is 3. The van der Waals surface area contributed by atoms with Crippen LogP contribution in [0, 0.1) is 5.92 Å². The van der Waals surface area contributed by atoms with Gasteiger partial charge in [-0.15, -0.1) is 0 Å². The third-order valence-electron chi connectivity index (χ3n) is 3.25. The largest absolute Gasteiger partial charge is 0.462 e. The maximum atomic E-state index is 12.6. The van der Waals surface area contributed by atoms with Crippen LogP contribution in [-0.2, 0) is 19.1 Å². The summed E-state index contributed by atoms with van der Waals surface area (Å²) in [4.78, 5) is 25.3. The van der Waals surface area contributed by atoms with Crippen molar-refractivity contribution in [2.45, 2.75) is 39.3 Å². The van der Waals surface area contributed by atoms with Gasteiger partial charge >= 0.3 is 11.9 Å². The van der Waals surface area contributed by atoms with Crippen molar-refractivity contribution in [1.29, 1.82) is 0 Å². The van der Waals surface area contributed by atoms with Crippen molar-refractivity contribution in [2.75, 3.05) is 20.7 Å². The minimum Gasteiger partial charge on any atom is -0.462 e. The number of ether oxygens (including phenoxy) is 2. The van der Waals surface area contributed by atoms with Crippen molar-refractivity contribution in [2.24, 2.45) is 5.92 Å². The summed E-state index contributed by atoms with van der Waals surface area (Å²) in [6.07, 6.45) is 9.53. The van der Waals surface area contributed by atoms with Gasteiger partial charge in [-0.1, -0.05) is 24.3 Å². The first-order valence-electron chi connectivity index (χ1n) is 7.69. The third kappa shape index (κ3) is 6.40. The number of carbonyl (C=O) groups excluding carboxylic acids is 2. The highest BCUT2D eigenvalue weighted by molar-refractivity contribution is 5.78. The second kappa shape index (κ2) is 8.11. The molecule has 0 aromatic rings. The van der Waals surface area contributed by atoms with Crippen LogP contribution in [0.3, 0.4) is 0 Å². The molecule has 0 amide bonds. The molecule has 0 N–H and O–H groups in total. The number of hydrogen-bond acceptors (Lipinski definition) is 5. The molecule has 0 radical (unpaired) electrons. The van der Waals surface area contributed by atoms with Gasteiger partial charge in [-0.05, 0) is 46.5 Å². The van der Waals surface area contributed by atoms with E-state index in [4.69, 9.17) is 9.47 Å². The molecule has 5 nitrogen and oxygen atoms in total. The lowest BCUT2D eigenvalue weighted by atomic mass is 9.86. The Labute approximate surface area is 138 Å². The summed E-state index contributed by atoms with van der Waals surface area (Å²) in [6, 6.07) is -0.445. The molecule has 0 aromatic heterocycles. The number of hydrogen-bond donors (Lipinski definition) is 0. The van der Waals surface area contributed by atoms with Crippen LogP contribution in [-0.4, -0.2) is 49.2 Å². The summed E-state index contributed by atoms with van der Waals surface area (Å²) in [7, 11) is 3.70. The van der Waals surface area contributed by atoms with Gasteiger partial charge in [-0.3, -0.25) is 14.5 Å². The Morgan fingerprint density at radius 2 is 1.96 bits per heavy atom. The Kier molecular flexibility index (Phi) is 6.76. The number of carbonyl (C=O) groups is 2. The van der Waals surface area contributed by atoms with Gasteiger partial charge in [-0.2, -0.15) is 0 Å². The Morgan fingerprint density at radius 1 is 1.30 bits per heavy atom. The molecule has 1 aliphatic rings. The maximum Gasteiger partial charge on any atom is 0.324 e. The zero-order valence-electron chi connectivity index (χ0n) is 14.8. The predicted molar refractivity (Wildman–Crippen MR) is 89.8 cm³/mol. The van der Waals surface area contributed by atoms with E-state index in [0.717, 1.165) is 5.57 Å². The minimum atomic E-state index is -0.540. The van der Waals surface area contributed by atoms with Crippen LogP contribution < -0.4 is 0 Å². The van der Waals surface area contributed by atoms with E-state index in [-0.39, 0.29) is 24.5 Å². The van der Waals surface area contributed by atoms with Crippen LogP contribution in [0.5, 0.6) is 0 Å². The highest BCUT2D eigenvalue weighted by Gasteiger charge is 2.34. The molecular weight excluding hydrogens is 294 g/mol. The maximum absolute atomic E-state index is 12.6. The fourth-order valence-electron chi connectivity index (χ4n) is 2.36. The predicted octanol–water partition coefficient (Wildman–Crippen LogP) is 2.49. The lowest BCUT2D eigenvalue weighted by Crippen LogP contribution is -2.45. The van der Waals surface area contributed by atoms with Crippen LogP contribution in [0.4, 0.5) is 0 Å². The van der Waals surface area contributed by atoms with E-state index < -0.39 is 11.6 Å². The van der Waals surface area contributed by atoms with Crippen molar-refractivity contribution in [3.05, 3.63) is 36.0 Å². The van der Waals surface area contributed by atoms with E-state index in [1.807, 2.05) is 70.1 Å². The monoisotopic (exact) mass is 321 g/mol. The molecule has 0 saturated carbocycles. The average Bonchev–Trinajstić information content (AvgIpc) is 2.37. The van der Waals surface area contributed by atoms with Crippen LogP contribution in [0.25, 0.3) is 0 Å². The highest BCUT2D eigenvalue weighted by atomic mass is 16.6. The number of likely N-dealkylation sites (N-methyl/N-ethyl adjacent to an activating group) is 1. The Balaban J connectivity index is 2.98. The first-order chi connectivity index (χ1) is 10.6. The second-order valence-electron chi connectivity index (χ2n) is 6.72. The topological polar surface area (TPSA) is 55.8 Å². The fourth-order valence-corrected chi connectivity index (χ4v) is 2.36. The zero-order valence-corrected chi connectivity index (χ0v) is 14.8. The van der Waals surface area contributed by atoms with Crippen LogP contribution in [0.15, 0.2) is 36.0 Å². The molecule has 0 aromatic carbocycles. The smallest absolute Gasteiger partial charge is 0.324 e. The van der Waals surface area contributed by atoms with E-state index in [0.29, 0.717) is 0 Å². The summed E-state index contributed by atoms with van der Waals surface area (Å²) < 4.78 is 10.5. The first-order valence-corrected chi connectivity index (χ1v) is 7.69. The van der Waals surface area contributed by atoms with Crippen LogP contribution >= 0.6 is 0 Å². The van der Waals surface area contributed by atoms with Crippen LogP contribution in [0.1, 0.15) is 27.7 Å². The molecule has 128 valence electrons. The third-order valence-corrected chi connectivity index (χ3v) is 3.25. The van der Waals surface area contributed by atoms with Crippen molar-refractivity contribution in [3.8, 4) is 0 Å². The van der Waals surface area contributed by atoms with Gasteiger partial charge in [0, 0.05) is 12.8 Å². The quantitative estimate of drug-likeness (QED) is 0.728. The Bertz CT molecular complexity index is 524. The van der Waals surface area contributed by atoms with Crippen molar-refractivity contribution in [3.63, 3.8) is 0 Å². The first kappa shape index (κ1) is 19.2. The Morgan fingerprint density at radius 3 is 2.48 bits per heavy atom. The summed E-state index contributed by atoms with van der Waals surface area (Å²) in [5, 5.41) is 0. The molecule has 0 heterocycles. The molecule has 1 rings (SSSR count). The standard InChI is InChI=1S/C18H27NO4/c1-13(20)22-12-11-14-9-7-8-10-15(14)16(19(5)6)17(21)23-18(2,3)4/h7-11,15-16H,12H2,1-6H3/b14-11+/t15?,16-/m1/s1. The lowest BCUT2D eigenvalue weighted by Gasteiger charge is -2.33. The summed E-state index contributed by atoms with van der Waals surface area (Å²) in [6.45, 7) is 7.12. The molecule has 23 heavy (non-hydrogen) atoms. The molecule has 1 unspecified atom stereocenters. The van der Waals surface area contributed by atoms with E-state index in [2.05, 4.69) is 0 Å². The summed E-state index contributed by atoms with van der Waals surface area (Å²) in [5.41, 5.74) is 0.388. The molecule has 0 saturated heterocycles.